The molecule has 8 heteroatoms. The van der Waals surface area contributed by atoms with E-state index in [4.69, 9.17) is 11.6 Å². The number of amides is 4. The van der Waals surface area contributed by atoms with Crippen LogP contribution in [0, 0.1) is 0 Å². The maximum absolute atomic E-state index is 12.5. The third-order valence-electron chi connectivity index (χ3n) is 3.92. The van der Waals surface area contributed by atoms with E-state index in [1.807, 2.05) is 0 Å². The van der Waals surface area contributed by atoms with Gasteiger partial charge in [0, 0.05) is 25.5 Å². The molecule has 23 heavy (non-hydrogen) atoms. The van der Waals surface area contributed by atoms with Gasteiger partial charge in [-0.05, 0) is 24.1 Å². The Morgan fingerprint density at radius 1 is 1.35 bits per heavy atom. The Bertz CT molecular complexity index is 746. The van der Waals surface area contributed by atoms with Gasteiger partial charge in [-0.25, -0.2) is 0 Å². The molecule has 120 valence electrons. The van der Waals surface area contributed by atoms with Gasteiger partial charge in [-0.2, -0.15) is 0 Å². The molecule has 1 atom stereocenters. The minimum atomic E-state index is -0.671. The van der Waals surface area contributed by atoms with Gasteiger partial charge >= 0.3 is 0 Å². The van der Waals surface area contributed by atoms with Crippen molar-refractivity contribution >= 4 is 40.9 Å². The molecule has 0 spiro atoms. The smallest absolute Gasteiger partial charge is 0.255 e. The lowest BCUT2D eigenvalue weighted by molar-refractivity contribution is -0.136. The molecule has 0 aromatic heterocycles. The largest absolute Gasteiger partial charge is 0.325 e. The van der Waals surface area contributed by atoms with Gasteiger partial charge in [0.25, 0.3) is 5.91 Å². The quantitative estimate of drug-likeness (QED) is 0.790. The minimum absolute atomic E-state index is 0.203. The monoisotopic (exact) mass is 335 g/mol. The first-order chi connectivity index (χ1) is 10.9. The van der Waals surface area contributed by atoms with Gasteiger partial charge in [0.1, 0.15) is 6.04 Å². The Balaban J connectivity index is 1.88. The topological polar surface area (TPSA) is 95.6 Å². The van der Waals surface area contributed by atoms with Crippen LogP contribution in [0.1, 0.15) is 35.7 Å². The van der Waals surface area contributed by atoms with Crippen molar-refractivity contribution < 1.29 is 19.2 Å². The molecule has 3 rings (SSSR count). The average Bonchev–Trinajstić information content (AvgIpc) is 2.76. The number of hydrogen-bond donors (Lipinski definition) is 2. The van der Waals surface area contributed by atoms with E-state index < -0.39 is 11.9 Å². The van der Waals surface area contributed by atoms with Gasteiger partial charge in [-0.1, -0.05) is 11.6 Å². The molecule has 1 saturated heterocycles. The Labute approximate surface area is 137 Å². The van der Waals surface area contributed by atoms with Crippen LogP contribution in [0.2, 0.25) is 5.02 Å². The van der Waals surface area contributed by atoms with Crippen LogP contribution in [0.4, 0.5) is 5.69 Å². The predicted molar refractivity (Wildman–Crippen MR) is 81.8 cm³/mol. The zero-order valence-electron chi connectivity index (χ0n) is 12.3. The van der Waals surface area contributed by atoms with Crippen LogP contribution >= 0.6 is 11.6 Å². The van der Waals surface area contributed by atoms with Crippen LogP contribution in [0.25, 0.3) is 0 Å². The number of carbonyl (C=O) groups excluding carboxylic acids is 4. The first-order valence-corrected chi connectivity index (χ1v) is 7.49. The molecule has 7 nitrogen and oxygen atoms in total. The predicted octanol–water partition coefficient (Wildman–Crippen LogP) is 1.06. The van der Waals surface area contributed by atoms with Crippen molar-refractivity contribution in [3.8, 4) is 0 Å². The van der Waals surface area contributed by atoms with Crippen molar-refractivity contribution in [1.29, 1.82) is 0 Å². The Morgan fingerprint density at radius 3 is 2.74 bits per heavy atom. The summed E-state index contributed by atoms with van der Waals surface area (Å²) < 4.78 is 0. The van der Waals surface area contributed by atoms with Gasteiger partial charge < -0.3 is 10.2 Å². The highest BCUT2D eigenvalue weighted by Gasteiger charge is 2.39. The van der Waals surface area contributed by atoms with Crippen LogP contribution in [0.15, 0.2) is 12.1 Å². The summed E-state index contributed by atoms with van der Waals surface area (Å²) in [5.74, 6) is -1.36. The average molecular weight is 336 g/mol. The zero-order valence-corrected chi connectivity index (χ0v) is 13.1. The fourth-order valence-corrected chi connectivity index (χ4v) is 3.09. The third-order valence-corrected chi connectivity index (χ3v) is 4.23. The summed E-state index contributed by atoms with van der Waals surface area (Å²) >= 11 is 6.09. The van der Waals surface area contributed by atoms with Crippen molar-refractivity contribution in [2.45, 2.75) is 32.4 Å². The molecule has 2 heterocycles. The van der Waals surface area contributed by atoms with E-state index in [0.717, 1.165) is 0 Å². The lowest BCUT2D eigenvalue weighted by atomic mass is 10.0. The third kappa shape index (κ3) is 2.79. The highest BCUT2D eigenvalue weighted by molar-refractivity contribution is 6.34. The molecule has 1 aromatic rings. The molecular weight excluding hydrogens is 322 g/mol. The van der Waals surface area contributed by atoms with Gasteiger partial charge in [0.05, 0.1) is 10.7 Å². The number of anilines is 1. The van der Waals surface area contributed by atoms with Crippen molar-refractivity contribution in [3.63, 3.8) is 0 Å². The molecule has 1 aromatic carbocycles. The van der Waals surface area contributed by atoms with Crippen LogP contribution in [0.5, 0.6) is 0 Å². The van der Waals surface area contributed by atoms with Crippen LogP contribution in [0.3, 0.4) is 0 Å². The molecule has 0 radical (unpaired) electrons. The lowest BCUT2D eigenvalue weighted by Crippen LogP contribution is -2.52. The maximum atomic E-state index is 12.5. The van der Waals surface area contributed by atoms with Gasteiger partial charge in [0.15, 0.2) is 0 Å². The molecule has 4 amide bonds. The number of rotatable bonds is 2. The second-order valence-corrected chi connectivity index (χ2v) is 5.98. The van der Waals surface area contributed by atoms with Crippen molar-refractivity contribution in [3.05, 3.63) is 28.3 Å². The second-order valence-electron chi connectivity index (χ2n) is 5.57. The number of imide groups is 1. The van der Waals surface area contributed by atoms with E-state index in [1.54, 1.807) is 6.07 Å². The molecule has 2 N–H and O–H groups in total. The van der Waals surface area contributed by atoms with E-state index in [2.05, 4.69) is 10.6 Å². The van der Waals surface area contributed by atoms with Gasteiger partial charge in [-0.15, -0.1) is 0 Å². The molecule has 0 saturated carbocycles. The summed E-state index contributed by atoms with van der Waals surface area (Å²) in [5.41, 5.74) is 1.53. The second kappa shape index (κ2) is 5.66. The normalized spacial score (nSPS) is 20.3. The number of halogens is 1. The van der Waals surface area contributed by atoms with Crippen LogP contribution in [-0.2, 0) is 20.9 Å². The number of fused-ring (bicyclic) bond motifs is 1. The summed E-state index contributed by atoms with van der Waals surface area (Å²) in [4.78, 5) is 48.3. The van der Waals surface area contributed by atoms with E-state index in [0.29, 0.717) is 23.2 Å². The zero-order chi connectivity index (χ0) is 16.7. The molecule has 1 fully saturated rings. The van der Waals surface area contributed by atoms with E-state index in [1.165, 1.54) is 17.9 Å². The maximum Gasteiger partial charge on any atom is 0.255 e. The summed E-state index contributed by atoms with van der Waals surface area (Å²) in [6.45, 7) is 1.61. The highest BCUT2D eigenvalue weighted by Crippen LogP contribution is 2.33. The van der Waals surface area contributed by atoms with E-state index in [9.17, 15) is 19.2 Å². The fraction of sp³-hybridized carbons (Fsp3) is 0.333. The molecule has 0 aliphatic carbocycles. The summed E-state index contributed by atoms with van der Waals surface area (Å²) in [7, 11) is 0. The van der Waals surface area contributed by atoms with E-state index >= 15 is 0 Å². The Hall–Kier alpha value is -2.41. The Morgan fingerprint density at radius 2 is 2.09 bits per heavy atom. The van der Waals surface area contributed by atoms with Crippen molar-refractivity contribution in [1.82, 2.24) is 10.2 Å². The van der Waals surface area contributed by atoms with E-state index in [-0.39, 0.29) is 35.7 Å². The fourth-order valence-electron chi connectivity index (χ4n) is 2.87. The van der Waals surface area contributed by atoms with Crippen molar-refractivity contribution in [2.75, 3.05) is 5.32 Å². The SMILES string of the molecule is CC(=O)Nc1cc2c(cc1Cl)C(=O)N(C1CCC(=O)NC1=O)C2. The molecule has 1 unspecified atom stereocenters. The Kier molecular flexibility index (Phi) is 3.81. The summed E-state index contributed by atoms with van der Waals surface area (Å²) in [6, 6.07) is 2.47. The number of nitrogens with one attached hydrogen (secondary N) is 2. The first-order valence-electron chi connectivity index (χ1n) is 7.11. The lowest BCUT2D eigenvalue weighted by Gasteiger charge is -2.29. The highest BCUT2D eigenvalue weighted by atomic mass is 35.5. The number of benzene rings is 1. The molecule has 2 aliphatic rings. The summed E-state index contributed by atoms with van der Waals surface area (Å²) in [6.07, 6.45) is 0.505. The number of piperidine rings is 1. The van der Waals surface area contributed by atoms with Crippen LogP contribution in [-0.4, -0.2) is 34.6 Å². The minimum Gasteiger partial charge on any atom is -0.325 e. The number of carbonyl (C=O) groups is 4. The summed E-state index contributed by atoms with van der Waals surface area (Å²) in [5, 5.41) is 5.11. The molecule has 2 aliphatic heterocycles. The van der Waals surface area contributed by atoms with Gasteiger partial charge in [0.2, 0.25) is 17.7 Å². The first kappa shape index (κ1) is 15.5. The number of hydrogen-bond acceptors (Lipinski definition) is 4. The van der Waals surface area contributed by atoms with Gasteiger partial charge in [-0.3, -0.25) is 24.5 Å². The number of nitrogens with zero attached hydrogens (tertiary/aromatic N) is 1. The molecule has 0 bridgehead atoms. The standard InChI is InChI=1S/C15H14ClN3O4/c1-7(20)17-11-4-8-6-19(15(23)9(8)5-10(11)16)12-2-3-13(21)18-14(12)22/h4-5,12H,2-3,6H2,1H3,(H,17,20)(H,18,21,22). The molecular formula is C15H14ClN3O4. The van der Waals surface area contributed by atoms with Crippen LogP contribution < -0.4 is 10.6 Å². The van der Waals surface area contributed by atoms with Crippen molar-refractivity contribution in [2.24, 2.45) is 0 Å².